The smallest absolute Gasteiger partial charge is 0.220 e. The van der Waals surface area contributed by atoms with E-state index in [1.165, 1.54) is 0 Å². The third-order valence-corrected chi connectivity index (χ3v) is 6.64. The first-order valence-electron chi connectivity index (χ1n) is 10.0. The van der Waals surface area contributed by atoms with E-state index in [4.69, 9.17) is 28.9 Å². The summed E-state index contributed by atoms with van der Waals surface area (Å²) >= 11 is 12.5. The van der Waals surface area contributed by atoms with Gasteiger partial charge in [-0.25, -0.2) is 0 Å². The largest absolute Gasteiger partial charge is 0.398 e. The van der Waals surface area contributed by atoms with Crippen molar-refractivity contribution in [1.82, 2.24) is 5.32 Å². The van der Waals surface area contributed by atoms with E-state index in [9.17, 15) is 9.59 Å². The molecule has 3 aromatic carbocycles. The third-order valence-electron chi connectivity index (χ3n) is 6.17. The highest BCUT2D eigenvalue weighted by molar-refractivity contribution is 6.31. The molecule has 158 valence electrons. The first-order valence-corrected chi connectivity index (χ1v) is 10.8. The molecule has 1 fully saturated rings. The van der Waals surface area contributed by atoms with Gasteiger partial charge in [0.05, 0.1) is 5.41 Å². The van der Waals surface area contributed by atoms with Gasteiger partial charge in [0.2, 0.25) is 5.91 Å². The number of nitrogens with one attached hydrogen (secondary N) is 1. The Labute approximate surface area is 191 Å². The number of nitrogens with two attached hydrogens (primary N) is 1. The van der Waals surface area contributed by atoms with Crippen molar-refractivity contribution >= 4 is 41.1 Å². The maximum atomic E-state index is 13.2. The average Bonchev–Trinajstić information content (AvgIpc) is 2.91. The minimum Gasteiger partial charge on any atom is -0.398 e. The first-order chi connectivity index (χ1) is 15.0. The van der Waals surface area contributed by atoms with Gasteiger partial charge in [-0.1, -0.05) is 71.7 Å². The van der Waals surface area contributed by atoms with Crippen LogP contribution in [0.5, 0.6) is 0 Å². The van der Waals surface area contributed by atoms with Crippen molar-refractivity contribution in [2.45, 2.75) is 23.7 Å². The van der Waals surface area contributed by atoms with Crippen LogP contribution in [-0.2, 0) is 15.0 Å². The Hall–Kier alpha value is -2.82. The Kier molecular flexibility index (Phi) is 6.03. The lowest BCUT2D eigenvalue weighted by molar-refractivity contribution is -0.121. The Morgan fingerprint density at radius 1 is 0.903 bits per heavy atom. The summed E-state index contributed by atoms with van der Waals surface area (Å²) in [6.07, 6.45) is 1.08. The molecule has 0 radical (unpaired) electrons. The number of anilines is 1. The van der Waals surface area contributed by atoms with Crippen molar-refractivity contribution in [2.75, 3.05) is 12.3 Å². The number of nitrogen functional groups attached to an aromatic ring is 1. The van der Waals surface area contributed by atoms with Gasteiger partial charge in [-0.05, 0) is 41.0 Å². The third kappa shape index (κ3) is 3.93. The number of hydrogen-bond donors (Lipinski definition) is 2. The van der Waals surface area contributed by atoms with E-state index in [0.29, 0.717) is 27.8 Å². The van der Waals surface area contributed by atoms with E-state index in [0.717, 1.165) is 17.4 Å². The second-order valence-electron chi connectivity index (χ2n) is 7.86. The van der Waals surface area contributed by atoms with Crippen molar-refractivity contribution in [3.63, 3.8) is 0 Å². The van der Waals surface area contributed by atoms with Crippen molar-refractivity contribution in [1.29, 1.82) is 0 Å². The van der Waals surface area contributed by atoms with Crippen molar-refractivity contribution in [3.8, 4) is 0 Å². The summed E-state index contributed by atoms with van der Waals surface area (Å²) in [6.45, 7) is 0.306. The Balaban J connectivity index is 2.04. The van der Waals surface area contributed by atoms with Gasteiger partial charge in [0.1, 0.15) is 6.29 Å². The quantitative estimate of drug-likeness (QED) is 0.427. The molecule has 4 rings (SSSR count). The average molecular weight is 453 g/mol. The molecule has 0 bridgehead atoms. The number of carbonyl (C=O) groups is 2. The summed E-state index contributed by atoms with van der Waals surface area (Å²) in [5.74, 6) is -0.938. The summed E-state index contributed by atoms with van der Waals surface area (Å²) < 4.78 is 0. The van der Waals surface area contributed by atoms with E-state index >= 15 is 0 Å². The lowest BCUT2D eigenvalue weighted by atomic mass is 9.59. The van der Waals surface area contributed by atoms with Crippen LogP contribution in [0.2, 0.25) is 10.0 Å². The first kappa shape index (κ1) is 21.4. The summed E-state index contributed by atoms with van der Waals surface area (Å²) in [4.78, 5) is 26.0. The van der Waals surface area contributed by atoms with Crippen LogP contribution >= 0.6 is 23.2 Å². The number of rotatable bonds is 4. The molecular weight excluding hydrogens is 431 g/mol. The number of benzene rings is 3. The Bertz CT molecular complexity index is 1120. The predicted octanol–water partition coefficient (Wildman–Crippen LogP) is 5.10. The lowest BCUT2D eigenvalue weighted by Gasteiger charge is -2.42. The van der Waals surface area contributed by atoms with E-state index in [1.807, 2.05) is 48.5 Å². The zero-order valence-corrected chi connectivity index (χ0v) is 18.2. The molecule has 4 nitrogen and oxygen atoms in total. The second-order valence-corrected chi connectivity index (χ2v) is 8.73. The number of carbonyl (C=O) groups excluding carboxylic acids is 2. The van der Waals surface area contributed by atoms with Gasteiger partial charge < -0.3 is 15.8 Å². The topological polar surface area (TPSA) is 72.2 Å². The van der Waals surface area contributed by atoms with Crippen LogP contribution in [0.4, 0.5) is 5.69 Å². The zero-order chi connectivity index (χ0) is 22.0. The molecule has 3 atom stereocenters. The van der Waals surface area contributed by atoms with Crippen LogP contribution in [0.3, 0.4) is 0 Å². The molecule has 3 aromatic rings. The standard InChI is InChI=1S/C25H22Cl2N2O2/c26-18-8-4-7-17(11-18)21-13-24(31)29-14-22(16-5-2-1-3-6-16)25(21,15-30)20-10-9-19(27)12-23(20)28/h1-12,15,21-22H,13-14,28H2,(H,29,31)/t21-,22+,25+/m0/s1. The number of hydrogen-bond acceptors (Lipinski definition) is 3. The fraction of sp³-hybridized carbons (Fsp3) is 0.200. The van der Waals surface area contributed by atoms with E-state index in [-0.39, 0.29) is 18.2 Å². The SMILES string of the molecule is Nc1cc(Cl)ccc1[C@@]1(C=O)[C@@H](c2ccccc2)CNC(=O)C[C@H]1c1cccc(Cl)c1. The Morgan fingerprint density at radius 2 is 1.61 bits per heavy atom. The second kappa shape index (κ2) is 8.74. The van der Waals surface area contributed by atoms with Gasteiger partial charge in [-0.3, -0.25) is 4.79 Å². The predicted molar refractivity (Wildman–Crippen MR) is 125 cm³/mol. The molecule has 1 aliphatic rings. The van der Waals surface area contributed by atoms with Gasteiger partial charge in [-0.15, -0.1) is 0 Å². The molecule has 1 aliphatic heterocycles. The highest BCUT2D eigenvalue weighted by Gasteiger charge is 2.51. The summed E-state index contributed by atoms with van der Waals surface area (Å²) in [6, 6.07) is 22.2. The minimum absolute atomic E-state index is 0.123. The normalized spacial score (nSPS) is 23.6. The molecule has 0 saturated carbocycles. The molecule has 1 heterocycles. The number of aldehydes is 1. The Morgan fingerprint density at radius 3 is 2.29 bits per heavy atom. The highest BCUT2D eigenvalue weighted by atomic mass is 35.5. The zero-order valence-electron chi connectivity index (χ0n) is 16.7. The van der Waals surface area contributed by atoms with Gasteiger partial charge in [-0.2, -0.15) is 0 Å². The summed E-state index contributed by atoms with van der Waals surface area (Å²) in [5.41, 5.74) is 8.15. The molecular formula is C25H22Cl2N2O2. The number of halogens is 2. The monoisotopic (exact) mass is 452 g/mol. The van der Waals surface area contributed by atoms with Crippen LogP contribution in [0.1, 0.15) is 34.9 Å². The van der Waals surface area contributed by atoms with Gasteiger partial charge in [0.15, 0.2) is 0 Å². The molecule has 1 saturated heterocycles. The molecule has 1 amide bonds. The molecule has 3 N–H and O–H groups in total. The van der Waals surface area contributed by atoms with E-state index in [1.54, 1.807) is 24.3 Å². The van der Waals surface area contributed by atoms with Gasteiger partial charge >= 0.3 is 0 Å². The van der Waals surface area contributed by atoms with Gasteiger partial charge in [0, 0.05) is 40.5 Å². The summed E-state index contributed by atoms with van der Waals surface area (Å²) in [7, 11) is 0. The maximum absolute atomic E-state index is 13.2. The lowest BCUT2D eigenvalue weighted by Crippen LogP contribution is -2.43. The number of amides is 1. The fourth-order valence-electron chi connectivity index (χ4n) is 4.78. The highest BCUT2D eigenvalue weighted by Crippen LogP contribution is 2.52. The van der Waals surface area contributed by atoms with E-state index in [2.05, 4.69) is 5.32 Å². The molecule has 0 aliphatic carbocycles. The molecule has 0 aromatic heterocycles. The summed E-state index contributed by atoms with van der Waals surface area (Å²) in [5, 5.41) is 4.03. The fourth-order valence-corrected chi connectivity index (χ4v) is 5.16. The van der Waals surface area contributed by atoms with Gasteiger partial charge in [0.25, 0.3) is 0 Å². The minimum atomic E-state index is -1.11. The molecule has 0 unspecified atom stereocenters. The van der Waals surface area contributed by atoms with Crippen LogP contribution in [0, 0.1) is 0 Å². The molecule has 6 heteroatoms. The van der Waals surface area contributed by atoms with Crippen LogP contribution in [0.25, 0.3) is 0 Å². The van der Waals surface area contributed by atoms with E-state index < -0.39 is 11.3 Å². The maximum Gasteiger partial charge on any atom is 0.220 e. The van der Waals surface area contributed by atoms with Crippen LogP contribution < -0.4 is 11.1 Å². The molecule has 0 spiro atoms. The van der Waals surface area contributed by atoms with Crippen LogP contribution in [-0.4, -0.2) is 18.7 Å². The molecule has 31 heavy (non-hydrogen) atoms. The van der Waals surface area contributed by atoms with Crippen molar-refractivity contribution < 1.29 is 9.59 Å². The van der Waals surface area contributed by atoms with Crippen molar-refractivity contribution in [2.24, 2.45) is 0 Å². The van der Waals surface area contributed by atoms with Crippen molar-refractivity contribution in [3.05, 3.63) is 99.5 Å². The van der Waals surface area contributed by atoms with Crippen LogP contribution in [0.15, 0.2) is 72.8 Å².